The largest absolute Gasteiger partial charge is 0.383 e. The SMILES string of the molecule is NC(=O)[C@@H](O)CCc1ccccc1. The first-order chi connectivity index (χ1) is 6.20. The lowest BCUT2D eigenvalue weighted by Gasteiger charge is -2.05. The van der Waals surface area contributed by atoms with E-state index in [-0.39, 0.29) is 0 Å². The van der Waals surface area contributed by atoms with Gasteiger partial charge in [-0.15, -0.1) is 0 Å². The summed E-state index contributed by atoms with van der Waals surface area (Å²) in [5, 5.41) is 9.11. The van der Waals surface area contributed by atoms with E-state index >= 15 is 0 Å². The minimum atomic E-state index is -1.03. The Bertz CT molecular complexity index is 272. The van der Waals surface area contributed by atoms with E-state index in [4.69, 9.17) is 10.8 Å². The summed E-state index contributed by atoms with van der Waals surface area (Å²) in [4.78, 5) is 10.5. The van der Waals surface area contributed by atoms with Crippen molar-refractivity contribution >= 4 is 5.91 Å². The summed E-state index contributed by atoms with van der Waals surface area (Å²) in [6, 6.07) is 9.67. The van der Waals surface area contributed by atoms with Gasteiger partial charge in [0.15, 0.2) is 0 Å². The Morgan fingerprint density at radius 2 is 2.00 bits per heavy atom. The maximum atomic E-state index is 10.5. The molecule has 0 saturated carbocycles. The number of aliphatic hydroxyl groups excluding tert-OH is 1. The van der Waals surface area contributed by atoms with Crippen molar-refractivity contribution in [2.24, 2.45) is 5.73 Å². The zero-order valence-electron chi connectivity index (χ0n) is 7.31. The predicted molar refractivity (Wildman–Crippen MR) is 50.0 cm³/mol. The van der Waals surface area contributed by atoms with Crippen LogP contribution in [0.2, 0.25) is 0 Å². The highest BCUT2D eigenvalue weighted by molar-refractivity contribution is 5.78. The zero-order valence-corrected chi connectivity index (χ0v) is 7.31. The molecule has 3 N–H and O–H groups in total. The van der Waals surface area contributed by atoms with Crippen LogP contribution < -0.4 is 5.73 Å². The lowest BCUT2D eigenvalue weighted by Crippen LogP contribution is -2.28. The monoisotopic (exact) mass is 179 g/mol. The van der Waals surface area contributed by atoms with E-state index in [2.05, 4.69) is 0 Å². The summed E-state index contributed by atoms with van der Waals surface area (Å²) in [6.07, 6.45) is 0.0322. The van der Waals surface area contributed by atoms with Crippen LogP contribution in [0.4, 0.5) is 0 Å². The standard InChI is InChI=1S/C10H13NO2/c11-10(13)9(12)7-6-8-4-2-1-3-5-8/h1-5,9,12H,6-7H2,(H2,11,13)/t9-/m0/s1. The molecule has 1 aromatic rings. The number of amides is 1. The summed E-state index contributed by atoms with van der Waals surface area (Å²) < 4.78 is 0. The first kappa shape index (κ1) is 9.74. The molecular formula is C10H13NO2. The average molecular weight is 179 g/mol. The van der Waals surface area contributed by atoms with Gasteiger partial charge < -0.3 is 10.8 Å². The summed E-state index contributed by atoms with van der Waals surface area (Å²) >= 11 is 0. The molecule has 0 fully saturated rings. The third-order valence-electron chi connectivity index (χ3n) is 1.88. The molecule has 0 radical (unpaired) electrons. The van der Waals surface area contributed by atoms with Gasteiger partial charge in [0, 0.05) is 0 Å². The van der Waals surface area contributed by atoms with E-state index in [9.17, 15) is 4.79 Å². The van der Waals surface area contributed by atoms with Crippen LogP contribution in [-0.2, 0) is 11.2 Å². The van der Waals surface area contributed by atoms with Gasteiger partial charge in [0.05, 0.1) is 0 Å². The molecule has 0 aromatic heterocycles. The molecule has 0 aliphatic carbocycles. The highest BCUT2D eigenvalue weighted by Crippen LogP contribution is 2.04. The first-order valence-electron chi connectivity index (χ1n) is 4.21. The Kier molecular flexibility index (Phi) is 3.46. The molecule has 1 rings (SSSR count). The molecular weight excluding hydrogens is 166 g/mol. The highest BCUT2D eigenvalue weighted by atomic mass is 16.3. The molecule has 1 atom stereocenters. The Labute approximate surface area is 77.2 Å². The Morgan fingerprint density at radius 1 is 1.38 bits per heavy atom. The van der Waals surface area contributed by atoms with Crippen LogP contribution in [0.3, 0.4) is 0 Å². The van der Waals surface area contributed by atoms with Crippen LogP contribution in [0.1, 0.15) is 12.0 Å². The molecule has 0 aliphatic rings. The molecule has 0 aliphatic heterocycles. The molecule has 70 valence electrons. The van der Waals surface area contributed by atoms with Gasteiger partial charge in [-0.05, 0) is 18.4 Å². The maximum Gasteiger partial charge on any atom is 0.246 e. The summed E-state index contributed by atoms with van der Waals surface area (Å²) in [7, 11) is 0. The number of carbonyl (C=O) groups is 1. The maximum absolute atomic E-state index is 10.5. The van der Waals surface area contributed by atoms with E-state index in [1.807, 2.05) is 30.3 Å². The lowest BCUT2D eigenvalue weighted by molar-refractivity contribution is -0.126. The molecule has 3 heteroatoms. The number of hydrogen-bond donors (Lipinski definition) is 2. The van der Waals surface area contributed by atoms with Crippen molar-refractivity contribution in [1.82, 2.24) is 0 Å². The van der Waals surface area contributed by atoms with Gasteiger partial charge in [0.1, 0.15) is 6.10 Å². The summed E-state index contributed by atoms with van der Waals surface area (Å²) in [5.74, 6) is -0.657. The molecule has 0 saturated heterocycles. The molecule has 13 heavy (non-hydrogen) atoms. The molecule has 1 aromatic carbocycles. The van der Waals surface area contributed by atoms with Crippen LogP contribution in [0.5, 0.6) is 0 Å². The van der Waals surface area contributed by atoms with Crippen LogP contribution in [0.15, 0.2) is 30.3 Å². The number of nitrogens with two attached hydrogens (primary N) is 1. The number of hydrogen-bond acceptors (Lipinski definition) is 2. The minimum Gasteiger partial charge on any atom is -0.383 e. The number of aliphatic hydroxyl groups is 1. The third kappa shape index (κ3) is 3.25. The second kappa shape index (κ2) is 4.62. The summed E-state index contributed by atoms with van der Waals surface area (Å²) in [5.41, 5.74) is 6.01. The molecule has 0 heterocycles. The van der Waals surface area contributed by atoms with E-state index in [1.54, 1.807) is 0 Å². The van der Waals surface area contributed by atoms with Gasteiger partial charge in [-0.2, -0.15) is 0 Å². The van der Waals surface area contributed by atoms with Gasteiger partial charge in [0.2, 0.25) is 5.91 Å². The second-order valence-corrected chi connectivity index (χ2v) is 2.94. The number of primary amides is 1. The van der Waals surface area contributed by atoms with Crippen molar-refractivity contribution in [1.29, 1.82) is 0 Å². The first-order valence-corrected chi connectivity index (χ1v) is 4.21. The Balaban J connectivity index is 2.39. The quantitative estimate of drug-likeness (QED) is 0.705. The molecule has 1 amide bonds. The number of carbonyl (C=O) groups excluding carboxylic acids is 1. The van der Waals surface area contributed by atoms with E-state index in [0.717, 1.165) is 5.56 Å². The van der Waals surface area contributed by atoms with Crippen molar-refractivity contribution in [3.05, 3.63) is 35.9 Å². The van der Waals surface area contributed by atoms with Crippen LogP contribution in [-0.4, -0.2) is 17.1 Å². The van der Waals surface area contributed by atoms with E-state index < -0.39 is 12.0 Å². The third-order valence-corrected chi connectivity index (χ3v) is 1.88. The Hall–Kier alpha value is -1.35. The fourth-order valence-corrected chi connectivity index (χ4v) is 1.09. The van der Waals surface area contributed by atoms with Crippen molar-refractivity contribution in [2.45, 2.75) is 18.9 Å². The average Bonchev–Trinajstić information content (AvgIpc) is 2.15. The molecule has 0 bridgehead atoms. The lowest BCUT2D eigenvalue weighted by atomic mass is 10.1. The number of aryl methyl sites for hydroxylation is 1. The van der Waals surface area contributed by atoms with Crippen molar-refractivity contribution in [3.63, 3.8) is 0 Å². The van der Waals surface area contributed by atoms with Crippen molar-refractivity contribution < 1.29 is 9.90 Å². The minimum absolute atomic E-state index is 0.388. The van der Waals surface area contributed by atoms with Crippen molar-refractivity contribution in [2.75, 3.05) is 0 Å². The fraction of sp³-hybridized carbons (Fsp3) is 0.300. The zero-order chi connectivity index (χ0) is 9.68. The van der Waals surface area contributed by atoms with E-state index in [0.29, 0.717) is 12.8 Å². The molecule has 3 nitrogen and oxygen atoms in total. The molecule has 0 spiro atoms. The topological polar surface area (TPSA) is 63.3 Å². The fourth-order valence-electron chi connectivity index (χ4n) is 1.09. The van der Waals surface area contributed by atoms with Crippen LogP contribution >= 0.6 is 0 Å². The smallest absolute Gasteiger partial charge is 0.246 e. The van der Waals surface area contributed by atoms with Crippen LogP contribution in [0, 0.1) is 0 Å². The van der Waals surface area contributed by atoms with Crippen molar-refractivity contribution in [3.8, 4) is 0 Å². The number of benzene rings is 1. The predicted octanol–water partition coefficient (Wildman–Crippen LogP) is 0.465. The molecule has 0 unspecified atom stereocenters. The van der Waals surface area contributed by atoms with Gasteiger partial charge in [-0.25, -0.2) is 0 Å². The highest BCUT2D eigenvalue weighted by Gasteiger charge is 2.09. The Morgan fingerprint density at radius 3 is 2.54 bits per heavy atom. The van der Waals surface area contributed by atoms with Gasteiger partial charge >= 0.3 is 0 Å². The normalized spacial score (nSPS) is 12.4. The van der Waals surface area contributed by atoms with Gasteiger partial charge in [0.25, 0.3) is 0 Å². The summed E-state index contributed by atoms with van der Waals surface area (Å²) in [6.45, 7) is 0. The second-order valence-electron chi connectivity index (χ2n) is 2.94. The number of rotatable bonds is 4. The van der Waals surface area contributed by atoms with Gasteiger partial charge in [-0.1, -0.05) is 30.3 Å². The van der Waals surface area contributed by atoms with Gasteiger partial charge in [-0.3, -0.25) is 4.79 Å². The van der Waals surface area contributed by atoms with Crippen LogP contribution in [0.25, 0.3) is 0 Å². The van der Waals surface area contributed by atoms with E-state index in [1.165, 1.54) is 0 Å².